The molecule has 7 heteroatoms. The maximum absolute atomic E-state index is 5.63. The Morgan fingerprint density at radius 1 is 1.33 bits per heavy atom. The lowest BCUT2D eigenvalue weighted by Crippen LogP contribution is -2.08. The van der Waals surface area contributed by atoms with Gasteiger partial charge in [-0.05, 0) is 36.5 Å². The van der Waals surface area contributed by atoms with E-state index in [0.29, 0.717) is 5.95 Å². The molecule has 1 aromatic rings. The second-order valence-electron chi connectivity index (χ2n) is 2.91. The standard InChI is InChI=1S/C8H14ClN5S/c1-15-5-3-2-4-11-8-13-6(9)12-7(10)14-8/h2-5H2,1H3,(H3,10,11,12,13,14). The van der Waals surface area contributed by atoms with E-state index in [-0.39, 0.29) is 11.2 Å². The summed E-state index contributed by atoms with van der Waals surface area (Å²) in [5.74, 6) is 1.75. The molecule has 0 saturated heterocycles. The molecule has 0 aliphatic carbocycles. The fourth-order valence-corrected chi connectivity index (χ4v) is 1.68. The molecule has 1 aromatic heterocycles. The van der Waals surface area contributed by atoms with Gasteiger partial charge in [-0.15, -0.1) is 0 Å². The first-order valence-corrected chi connectivity index (χ1v) is 6.39. The van der Waals surface area contributed by atoms with Gasteiger partial charge in [0.15, 0.2) is 0 Å². The predicted molar refractivity (Wildman–Crippen MR) is 65.4 cm³/mol. The minimum Gasteiger partial charge on any atom is -0.368 e. The molecule has 0 amide bonds. The molecule has 0 aliphatic rings. The molecule has 0 saturated carbocycles. The first-order valence-electron chi connectivity index (χ1n) is 4.62. The zero-order chi connectivity index (χ0) is 11.1. The van der Waals surface area contributed by atoms with Gasteiger partial charge in [0.1, 0.15) is 0 Å². The van der Waals surface area contributed by atoms with Crippen molar-refractivity contribution in [3.05, 3.63) is 5.28 Å². The Kier molecular flexibility index (Phi) is 5.49. The fourth-order valence-electron chi connectivity index (χ4n) is 1.02. The molecule has 1 heterocycles. The number of aromatic nitrogens is 3. The average Bonchev–Trinajstić information content (AvgIpc) is 2.16. The maximum Gasteiger partial charge on any atom is 0.228 e. The van der Waals surface area contributed by atoms with Crippen molar-refractivity contribution >= 4 is 35.3 Å². The number of rotatable bonds is 6. The van der Waals surface area contributed by atoms with Crippen molar-refractivity contribution < 1.29 is 0 Å². The van der Waals surface area contributed by atoms with E-state index in [2.05, 4.69) is 26.5 Å². The molecule has 3 N–H and O–H groups in total. The van der Waals surface area contributed by atoms with Crippen LogP contribution in [0, 0.1) is 0 Å². The van der Waals surface area contributed by atoms with Gasteiger partial charge >= 0.3 is 0 Å². The molecular formula is C8H14ClN5S. The van der Waals surface area contributed by atoms with Gasteiger partial charge in [0.25, 0.3) is 0 Å². The Labute approximate surface area is 98.2 Å². The molecule has 1 rings (SSSR count). The zero-order valence-electron chi connectivity index (χ0n) is 8.53. The van der Waals surface area contributed by atoms with Gasteiger partial charge in [-0.2, -0.15) is 26.7 Å². The molecule has 15 heavy (non-hydrogen) atoms. The Balaban J connectivity index is 2.31. The fraction of sp³-hybridized carbons (Fsp3) is 0.625. The van der Waals surface area contributed by atoms with Gasteiger partial charge in [0, 0.05) is 6.54 Å². The molecule has 0 aromatic carbocycles. The van der Waals surface area contributed by atoms with Gasteiger partial charge in [0.2, 0.25) is 17.2 Å². The molecule has 0 fully saturated rings. The Hall–Kier alpha value is -0.750. The molecule has 0 spiro atoms. The van der Waals surface area contributed by atoms with Crippen LogP contribution in [0.5, 0.6) is 0 Å². The molecule has 5 nitrogen and oxygen atoms in total. The van der Waals surface area contributed by atoms with Crippen molar-refractivity contribution in [1.29, 1.82) is 0 Å². The third-order valence-corrected chi connectivity index (χ3v) is 2.55. The Morgan fingerprint density at radius 3 is 2.80 bits per heavy atom. The highest BCUT2D eigenvalue weighted by Crippen LogP contribution is 2.07. The van der Waals surface area contributed by atoms with Gasteiger partial charge in [-0.3, -0.25) is 0 Å². The number of nitrogen functional groups attached to an aromatic ring is 1. The summed E-state index contributed by atoms with van der Waals surface area (Å²) in [5.41, 5.74) is 5.42. The highest BCUT2D eigenvalue weighted by Gasteiger charge is 2.00. The average molecular weight is 248 g/mol. The first kappa shape index (κ1) is 12.3. The van der Waals surface area contributed by atoms with E-state index in [4.69, 9.17) is 17.3 Å². The van der Waals surface area contributed by atoms with Crippen molar-refractivity contribution in [3.63, 3.8) is 0 Å². The van der Waals surface area contributed by atoms with Crippen molar-refractivity contribution in [2.45, 2.75) is 12.8 Å². The summed E-state index contributed by atoms with van der Waals surface area (Å²) in [6.45, 7) is 0.820. The van der Waals surface area contributed by atoms with E-state index in [1.165, 1.54) is 12.2 Å². The van der Waals surface area contributed by atoms with E-state index < -0.39 is 0 Å². The summed E-state index contributed by atoms with van der Waals surface area (Å²) >= 11 is 7.47. The van der Waals surface area contributed by atoms with Crippen LogP contribution in [-0.2, 0) is 0 Å². The summed E-state index contributed by atoms with van der Waals surface area (Å²) in [6, 6.07) is 0. The second-order valence-corrected chi connectivity index (χ2v) is 4.24. The topological polar surface area (TPSA) is 76.7 Å². The number of unbranched alkanes of at least 4 members (excludes halogenated alkanes) is 1. The molecule has 0 radical (unpaired) electrons. The maximum atomic E-state index is 5.63. The van der Waals surface area contributed by atoms with Crippen LogP contribution in [0.25, 0.3) is 0 Å². The number of hydrogen-bond donors (Lipinski definition) is 2. The summed E-state index contributed by atoms with van der Waals surface area (Å²) in [6.07, 6.45) is 4.34. The van der Waals surface area contributed by atoms with E-state index in [0.717, 1.165) is 13.0 Å². The quantitative estimate of drug-likeness (QED) is 0.745. The lowest BCUT2D eigenvalue weighted by atomic mass is 10.3. The van der Waals surface area contributed by atoms with E-state index >= 15 is 0 Å². The highest BCUT2D eigenvalue weighted by molar-refractivity contribution is 7.98. The van der Waals surface area contributed by atoms with E-state index in [9.17, 15) is 0 Å². The van der Waals surface area contributed by atoms with E-state index in [1.54, 1.807) is 0 Å². The number of nitrogens with two attached hydrogens (primary N) is 1. The second kappa shape index (κ2) is 6.68. The third-order valence-electron chi connectivity index (χ3n) is 1.68. The van der Waals surface area contributed by atoms with Crippen LogP contribution in [-0.4, -0.2) is 33.5 Å². The number of anilines is 2. The molecule has 0 bridgehead atoms. The smallest absolute Gasteiger partial charge is 0.228 e. The number of thioether (sulfide) groups is 1. The minimum absolute atomic E-state index is 0.120. The van der Waals surface area contributed by atoms with Crippen molar-refractivity contribution in [2.75, 3.05) is 29.6 Å². The lowest BCUT2D eigenvalue weighted by molar-refractivity contribution is 0.833. The summed E-state index contributed by atoms with van der Waals surface area (Å²) < 4.78 is 0. The number of hydrogen-bond acceptors (Lipinski definition) is 6. The van der Waals surface area contributed by atoms with Gasteiger partial charge in [0.05, 0.1) is 0 Å². The summed E-state index contributed by atoms with van der Waals surface area (Å²) in [5, 5.41) is 3.17. The van der Waals surface area contributed by atoms with Crippen molar-refractivity contribution in [2.24, 2.45) is 0 Å². The van der Waals surface area contributed by atoms with Crippen LogP contribution in [0.3, 0.4) is 0 Å². The van der Waals surface area contributed by atoms with E-state index in [1.807, 2.05) is 11.8 Å². The predicted octanol–water partition coefficient (Wildman–Crippen LogP) is 1.66. The molecule has 0 aliphatic heterocycles. The Bertz CT molecular complexity index is 289. The van der Waals surface area contributed by atoms with Crippen LogP contribution < -0.4 is 11.1 Å². The lowest BCUT2D eigenvalue weighted by Gasteiger charge is -2.04. The summed E-state index contributed by atoms with van der Waals surface area (Å²) in [4.78, 5) is 11.5. The number of halogens is 1. The zero-order valence-corrected chi connectivity index (χ0v) is 10.1. The SMILES string of the molecule is CSCCCCNc1nc(N)nc(Cl)n1. The first-order chi connectivity index (χ1) is 7.22. The van der Waals surface area contributed by atoms with Crippen LogP contribution >= 0.6 is 23.4 Å². The van der Waals surface area contributed by atoms with Gasteiger partial charge in [-0.1, -0.05) is 0 Å². The highest BCUT2D eigenvalue weighted by atomic mass is 35.5. The molecular weight excluding hydrogens is 234 g/mol. The summed E-state index contributed by atoms with van der Waals surface area (Å²) in [7, 11) is 0. The van der Waals surface area contributed by atoms with Crippen LogP contribution in [0.4, 0.5) is 11.9 Å². The molecule has 0 unspecified atom stereocenters. The largest absolute Gasteiger partial charge is 0.368 e. The normalized spacial score (nSPS) is 10.3. The molecule has 84 valence electrons. The number of nitrogens with one attached hydrogen (secondary N) is 1. The van der Waals surface area contributed by atoms with Gasteiger partial charge in [-0.25, -0.2) is 0 Å². The van der Waals surface area contributed by atoms with Gasteiger partial charge < -0.3 is 11.1 Å². The van der Waals surface area contributed by atoms with Crippen molar-refractivity contribution in [1.82, 2.24) is 15.0 Å². The van der Waals surface area contributed by atoms with Crippen LogP contribution in [0.2, 0.25) is 5.28 Å². The Morgan fingerprint density at radius 2 is 2.13 bits per heavy atom. The van der Waals surface area contributed by atoms with Crippen LogP contribution in [0.1, 0.15) is 12.8 Å². The monoisotopic (exact) mass is 247 g/mol. The van der Waals surface area contributed by atoms with Crippen LogP contribution in [0.15, 0.2) is 0 Å². The molecule has 0 atom stereocenters. The number of nitrogens with zero attached hydrogens (tertiary/aromatic N) is 3. The third kappa shape index (κ3) is 5.03. The van der Waals surface area contributed by atoms with Crippen molar-refractivity contribution in [3.8, 4) is 0 Å². The minimum atomic E-state index is 0.120.